The van der Waals surface area contributed by atoms with E-state index in [0.717, 1.165) is 28.7 Å². The van der Waals surface area contributed by atoms with Crippen LogP contribution in [0.3, 0.4) is 0 Å². The van der Waals surface area contributed by atoms with Crippen LogP contribution in [0.2, 0.25) is 10.0 Å². The molecule has 3 rings (SSSR count). The van der Waals surface area contributed by atoms with Crippen molar-refractivity contribution in [2.75, 3.05) is 6.61 Å². The van der Waals surface area contributed by atoms with Gasteiger partial charge < -0.3 is 15.0 Å². The number of carbonyl (C=O) groups is 2. The second kappa shape index (κ2) is 13.5. The Labute approximate surface area is 229 Å². The van der Waals surface area contributed by atoms with Crippen molar-refractivity contribution in [3.05, 3.63) is 99.0 Å². The van der Waals surface area contributed by atoms with E-state index in [1.807, 2.05) is 70.2 Å². The number of hydrogen-bond donors (Lipinski definition) is 1. The monoisotopic (exact) mass is 540 g/mol. The number of nitrogens with one attached hydrogen (secondary N) is 1. The molecule has 0 bridgehead atoms. The third kappa shape index (κ3) is 8.24. The SMILES string of the molecule is CCC(C)NC(=O)C(Cc1ccccc1)N(Cc1cccc(Cl)c1)C(=O)COc1cc(C)c(Cl)c(C)c1. The molecule has 0 aliphatic heterocycles. The zero-order chi connectivity index (χ0) is 26.9. The summed E-state index contributed by atoms with van der Waals surface area (Å²) in [6, 6.07) is 19.9. The number of carbonyl (C=O) groups excluding carboxylic acids is 2. The van der Waals surface area contributed by atoms with Gasteiger partial charge in [-0.3, -0.25) is 9.59 Å². The van der Waals surface area contributed by atoms with E-state index in [1.165, 1.54) is 0 Å². The zero-order valence-corrected chi connectivity index (χ0v) is 23.3. The van der Waals surface area contributed by atoms with Crippen LogP contribution in [0.15, 0.2) is 66.7 Å². The van der Waals surface area contributed by atoms with Gasteiger partial charge in [-0.25, -0.2) is 0 Å². The summed E-state index contributed by atoms with van der Waals surface area (Å²) in [7, 11) is 0. The molecule has 3 aromatic carbocycles. The Morgan fingerprint density at radius 1 is 0.946 bits per heavy atom. The van der Waals surface area contributed by atoms with Crippen LogP contribution in [-0.4, -0.2) is 35.4 Å². The highest BCUT2D eigenvalue weighted by Crippen LogP contribution is 2.26. The average molecular weight is 542 g/mol. The molecular weight excluding hydrogens is 507 g/mol. The molecule has 7 heteroatoms. The van der Waals surface area contributed by atoms with Gasteiger partial charge in [0, 0.05) is 29.1 Å². The van der Waals surface area contributed by atoms with Gasteiger partial charge in [-0.2, -0.15) is 0 Å². The van der Waals surface area contributed by atoms with Gasteiger partial charge in [0.2, 0.25) is 5.91 Å². The number of ether oxygens (including phenoxy) is 1. The quantitative estimate of drug-likeness (QED) is 0.300. The van der Waals surface area contributed by atoms with Crippen molar-refractivity contribution in [3.8, 4) is 5.75 Å². The first-order valence-corrected chi connectivity index (χ1v) is 13.2. The Bertz CT molecular complexity index is 1190. The van der Waals surface area contributed by atoms with Crippen molar-refractivity contribution in [1.82, 2.24) is 10.2 Å². The van der Waals surface area contributed by atoms with E-state index in [1.54, 1.807) is 29.2 Å². The van der Waals surface area contributed by atoms with Crippen LogP contribution in [0, 0.1) is 13.8 Å². The number of halogens is 2. The predicted molar refractivity (Wildman–Crippen MR) is 150 cm³/mol. The van der Waals surface area contributed by atoms with E-state index in [2.05, 4.69) is 5.32 Å². The zero-order valence-electron chi connectivity index (χ0n) is 21.8. The number of amides is 2. The molecular formula is C30H34Cl2N2O3. The van der Waals surface area contributed by atoms with Gasteiger partial charge in [0.25, 0.3) is 5.91 Å². The van der Waals surface area contributed by atoms with Crippen molar-refractivity contribution >= 4 is 35.0 Å². The molecule has 0 aliphatic rings. The maximum absolute atomic E-state index is 13.7. The van der Waals surface area contributed by atoms with Crippen LogP contribution in [0.5, 0.6) is 5.75 Å². The topological polar surface area (TPSA) is 58.6 Å². The molecule has 0 radical (unpaired) electrons. The summed E-state index contributed by atoms with van der Waals surface area (Å²) in [4.78, 5) is 28.8. The van der Waals surface area contributed by atoms with Crippen molar-refractivity contribution in [1.29, 1.82) is 0 Å². The summed E-state index contributed by atoms with van der Waals surface area (Å²) in [5, 5.41) is 4.30. The minimum atomic E-state index is -0.736. The Hall–Kier alpha value is -3.02. The fourth-order valence-electron chi connectivity index (χ4n) is 4.04. The minimum Gasteiger partial charge on any atom is -0.484 e. The molecule has 0 spiro atoms. The maximum atomic E-state index is 13.7. The first-order valence-electron chi connectivity index (χ1n) is 12.5. The fourth-order valence-corrected chi connectivity index (χ4v) is 4.37. The van der Waals surface area contributed by atoms with Crippen molar-refractivity contribution in [2.24, 2.45) is 0 Å². The maximum Gasteiger partial charge on any atom is 0.261 e. The number of aryl methyl sites for hydroxylation is 2. The summed E-state index contributed by atoms with van der Waals surface area (Å²) >= 11 is 12.5. The van der Waals surface area contributed by atoms with Crippen molar-refractivity contribution in [3.63, 3.8) is 0 Å². The van der Waals surface area contributed by atoms with Crippen LogP contribution in [-0.2, 0) is 22.6 Å². The van der Waals surface area contributed by atoms with E-state index in [9.17, 15) is 9.59 Å². The van der Waals surface area contributed by atoms with Crippen LogP contribution in [0.25, 0.3) is 0 Å². The summed E-state index contributed by atoms with van der Waals surface area (Å²) in [6.07, 6.45) is 1.15. The number of nitrogens with zero attached hydrogens (tertiary/aromatic N) is 1. The smallest absolute Gasteiger partial charge is 0.261 e. The molecule has 37 heavy (non-hydrogen) atoms. The fraction of sp³-hybridized carbons (Fsp3) is 0.333. The van der Waals surface area contributed by atoms with Gasteiger partial charge >= 0.3 is 0 Å². The Morgan fingerprint density at radius 3 is 2.22 bits per heavy atom. The number of rotatable bonds is 11. The predicted octanol–water partition coefficient (Wildman–Crippen LogP) is 6.54. The molecule has 0 saturated carbocycles. The second-order valence-electron chi connectivity index (χ2n) is 9.33. The lowest BCUT2D eigenvalue weighted by molar-refractivity contribution is -0.143. The molecule has 2 amide bonds. The Kier molecular flexibility index (Phi) is 10.4. The Morgan fingerprint density at radius 2 is 1.59 bits per heavy atom. The second-order valence-corrected chi connectivity index (χ2v) is 10.1. The van der Waals surface area contributed by atoms with Crippen LogP contribution in [0.4, 0.5) is 0 Å². The van der Waals surface area contributed by atoms with E-state index < -0.39 is 6.04 Å². The first kappa shape index (κ1) is 28.5. The molecule has 2 atom stereocenters. The summed E-state index contributed by atoms with van der Waals surface area (Å²) in [5.41, 5.74) is 3.53. The van der Waals surface area contributed by atoms with Crippen LogP contribution in [0.1, 0.15) is 42.5 Å². The molecule has 0 fully saturated rings. The van der Waals surface area contributed by atoms with E-state index in [-0.39, 0.29) is 31.0 Å². The minimum absolute atomic E-state index is 0.0230. The number of hydrogen-bond acceptors (Lipinski definition) is 3. The van der Waals surface area contributed by atoms with Crippen LogP contribution < -0.4 is 10.1 Å². The molecule has 0 aromatic heterocycles. The largest absolute Gasteiger partial charge is 0.484 e. The van der Waals surface area contributed by atoms with Gasteiger partial charge in [0.15, 0.2) is 6.61 Å². The van der Waals surface area contributed by atoms with Gasteiger partial charge in [-0.15, -0.1) is 0 Å². The van der Waals surface area contributed by atoms with Crippen molar-refractivity contribution in [2.45, 2.75) is 59.2 Å². The van der Waals surface area contributed by atoms with E-state index in [0.29, 0.717) is 22.2 Å². The highest BCUT2D eigenvalue weighted by atomic mass is 35.5. The van der Waals surface area contributed by atoms with Gasteiger partial charge in [0.1, 0.15) is 11.8 Å². The third-order valence-electron chi connectivity index (χ3n) is 6.29. The van der Waals surface area contributed by atoms with Gasteiger partial charge in [-0.1, -0.05) is 72.6 Å². The van der Waals surface area contributed by atoms with Gasteiger partial charge in [0.05, 0.1) is 0 Å². The molecule has 2 unspecified atom stereocenters. The third-order valence-corrected chi connectivity index (χ3v) is 7.12. The molecule has 0 heterocycles. The first-order chi connectivity index (χ1) is 17.7. The van der Waals surface area contributed by atoms with Gasteiger partial charge in [-0.05, 0) is 73.7 Å². The standard InChI is InChI=1S/C30H34Cl2N2O3/c1-5-22(4)33-30(36)27(17-23-10-7-6-8-11-23)34(18-24-12-9-13-25(31)16-24)28(35)19-37-26-14-20(2)29(32)21(3)15-26/h6-16,22,27H,5,17-19H2,1-4H3,(H,33,36). The highest BCUT2D eigenvalue weighted by Gasteiger charge is 2.31. The van der Waals surface area contributed by atoms with Crippen molar-refractivity contribution < 1.29 is 14.3 Å². The average Bonchev–Trinajstić information content (AvgIpc) is 2.88. The molecule has 5 nitrogen and oxygen atoms in total. The lowest BCUT2D eigenvalue weighted by Gasteiger charge is -2.32. The summed E-state index contributed by atoms with van der Waals surface area (Å²) in [6.45, 7) is 7.75. The highest BCUT2D eigenvalue weighted by molar-refractivity contribution is 6.32. The molecule has 1 N–H and O–H groups in total. The molecule has 196 valence electrons. The molecule has 3 aromatic rings. The van der Waals surface area contributed by atoms with E-state index in [4.69, 9.17) is 27.9 Å². The Balaban J connectivity index is 1.93. The summed E-state index contributed by atoms with van der Waals surface area (Å²) < 4.78 is 5.90. The summed E-state index contributed by atoms with van der Waals surface area (Å²) in [5.74, 6) is 0.0522. The van der Waals surface area contributed by atoms with E-state index >= 15 is 0 Å². The number of benzene rings is 3. The lowest BCUT2D eigenvalue weighted by atomic mass is 10.0. The molecule has 0 saturated heterocycles. The van der Waals surface area contributed by atoms with Crippen LogP contribution >= 0.6 is 23.2 Å². The normalized spacial score (nSPS) is 12.5. The molecule has 0 aliphatic carbocycles. The lowest BCUT2D eigenvalue weighted by Crippen LogP contribution is -2.53.